The van der Waals surface area contributed by atoms with Gasteiger partial charge in [-0.3, -0.25) is 4.79 Å². The Bertz CT molecular complexity index is 463. The lowest BCUT2D eigenvalue weighted by atomic mass is 10.2. The number of amides is 1. The lowest BCUT2D eigenvalue weighted by Gasteiger charge is -2.08. The van der Waals surface area contributed by atoms with E-state index in [9.17, 15) is 18.4 Å². The van der Waals surface area contributed by atoms with Gasteiger partial charge in [-0.05, 0) is 12.1 Å². The second-order valence-corrected chi connectivity index (χ2v) is 3.24. The second-order valence-electron chi connectivity index (χ2n) is 3.24. The van der Waals surface area contributed by atoms with E-state index in [-0.39, 0.29) is 18.7 Å². The third kappa shape index (κ3) is 3.13. The van der Waals surface area contributed by atoms with Gasteiger partial charge in [0.2, 0.25) is 5.91 Å². The van der Waals surface area contributed by atoms with Crippen LogP contribution in [-0.4, -0.2) is 23.5 Å². The fraction of sp³-hybridized carbons (Fsp3) is 0.200. The van der Waals surface area contributed by atoms with Gasteiger partial charge in [0.25, 0.3) is 0 Å². The van der Waals surface area contributed by atoms with Crippen LogP contribution in [0, 0.1) is 11.6 Å². The van der Waals surface area contributed by atoms with Crippen LogP contribution in [0.1, 0.15) is 16.8 Å². The smallest absolute Gasteiger partial charge is 0.338 e. The van der Waals surface area contributed by atoms with E-state index in [0.717, 1.165) is 12.1 Å². The zero-order valence-electron chi connectivity index (χ0n) is 8.67. The number of carbonyl (C=O) groups is 2. The van der Waals surface area contributed by atoms with Gasteiger partial charge in [0, 0.05) is 13.0 Å². The van der Waals surface area contributed by atoms with Gasteiger partial charge in [0.15, 0.2) is 11.6 Å². The summed E-state index contributed by atoms with van der Waals surface area (Å²) in [7, 11) is 0. The van der Waals surface area contributed by atoms with Crippen LogP contribution in [0.3, 0.4) is 0 Å². The minimum absolute atomic E-state index is 0.0398. The second kappa shape index (κ2) is 5.24. The molecule has 0 aliphatic carbocycles. The summed E-state index contributed by atoms with van der Waals surface area (Å²) in [5.41, 5.74) is 3.90. The summed E-state index contributed by atoms with van der Waals surface area (Å²) in [5, 5.41) is 11.0. The molecule has 1 amide bonds. The van der Waals surface area contributed by atoms with Crippen molar-refractivity contribution in [2.45, 2.75) is 6.42 Å². The number of rotatable bonds is 5. The van der Waals surface area contributed by atoms with Gasteiger partial charge >= 0.3 is 5.97 Å². The molecule has 0 aromatic heterocycles. The number of carbonyl (C=O) groups excluding carboxylic acids is 1. The Morgan fingerprint density at radius 2 is 1.94 bits per heavy atom. The van der Waals surface area contributed by atoms with Gasteiger partial charge in [-0.2, -0.15) is 0 Å². The molecule has 0 radical (unpaired) electrons. The minimum Gasteiger partial charge on any atom is -0.478 e. The fourth-order valence-corrected chi connectivity index (χ4v) is 1.17. The van der Waals surface area contributed by atoms with Gasteiger partial charge in [-0.25, -0.2) is 13.6 Å². The van der Waals surface area contributed by atoms with Crippen molar-refractivity contribution in [3.05, 3.63) is 29.3 Å². The highest BCUT2D eigenvalue weighted by atomic mass is 19.2. The van der Waals surface area contributed by atoms with Crippen LogP contribution in [0.25, 0.3) is 0 Å². The van der Waals surface area contributed by atoms with E-state index in [1.165, 1.54) is 0 Å². The molecule has 0 atom stereocenters. The standard InChI is InChI=1S/C10H10F2N2O3/c11-8-5(10(16)17)1-2-6(9(8)12)14-4-3-7(13)15/h1-2,14H,3-4H2,(H2,13,15)(H,16,17). The maximum Gasteiger partial charge on any atom is 0.338 e. The molecule has 7 heteroatoms. The van der Waals surface area contributed by atoms with Crippen LogP contribution >= 0.6 is 0 Å². The molecular formula is C10H10F2N2O3. The first-order valence-corrected chi connectivity index (χ1v) is 4.67. The maximum atomic E-state index is 13.3. The molecule has 0 aliphatic heterocycles. The molecule has 4 N–H and O–H groups in total. The molecule has 1 aromatic rings. The molecule has 17 heavy (non-hydrogen) atoms. The molecule has 0 aliphatic rings. The summed E-state index contributed by atoms with van der Waals surface area (Å²) in [6.45, 7) is 0.0398. The van der Waals surface area contributed by atoms with E-state index >= 15 is 0 Å². The number of halogens is 2. The van der Waals surface area contributed by atoms with E-state index in [4.69, 9.17) is 10.8 Å². The van der Waals surface area contributed by atoms with E-state index < -0.39 is 29.1 Å². The molecule has 0 saturated heterocycles. The molecule has 0 bridgehead atoms. The summed E-state index contributed by atoms with van der Waals surface area (Å²) < 4.78 is 26.5. The summed E-state index contributed by atoms with van der Waals surface area (Å²) in [4.78, 5) is 20.9. The number of benzene rings is 1. The fourth-order valence-electron chi connectivity index (χ4n) is 1.17. The topological polar surface area (TPSA) is 92.4 Å². The summed E-state index contributed by atoms with van der Waals surface area (Å²) in [6.07, 6.45) is -0.0399. The molecule has 1 aromatic carbocycles. The molecular weight excluding hydrogens is 234 g/mol. The predicted molar refractivity (Wildman–Crippen MR) is 55.6 cm³/mol. The van der Waals surface area contributed by atoms with Gasteiger partial charge < -0.3 is 16.2 Å². The minimum atomic E-state index is -1.55. The van der Waals surface area contributed by atoms with E-state index in [2.05, 4.69) is 5.32 Å². The van der Waals surface area contributed by atoms with Crippen LogP contribution in [0.4, 0.5) is 14.5 Å². The average molecular weight is 244 g/mol. The van der Waals surface area contributed by atoms with Crippen LogP contribution in [-0.2, 0) is 4.79 Å². The first kappa shape index (κ1) is 12.9. The van der Waals surface area contributed by atoms with Crippen molar-refractivity contribution in [3.8, 4) is 0 Å². The van der Waals surface area contributed by atoms with Crippen molar-refractivity contribution in [2.75, 3.05) is 11.9 Å². The zero-order chi connectivity index (χ0) is 13.0. The molecule has 0 fully saturated rings. The van der Waals surface area contributed by atoms with Gasteiger partial charge in [0.05, 0.1) is 11.3 Å². The third-order valence-corrected chi connectivity index (χ3v) is 2.00. The number of hydrogen-bond acceptors (Lipinski definition) is 3. The number of aromatic carboxylic acids is 1. The Hall–Kier alpha value is -2.18. The molecule has 92 valence electrons. The van der Waals surface area contributed by atoms with E-state index in [1.54, 1.807) is 0 Å². The molecule has 0 heterocycles. The Labute approximate surface area is 95.2 Å². The van der Waals surface area contributed by atoms with Gasteiger partial charge in [-0.1, -0.05) is 0 Å². The lowest BCUT2D eigenvalue weighted by Crippen LogP contribution is -2.16. The van der Waals surface area contributed by atoms with Crippen LogP contribution in [0.5, 0.6) is 0 Å². The molecule has 1 rings (SSSR count). The average Bonchev–Trinajstić information content (AvgIpc) is 2.23. The largest absolute Gasteiger partial charge is 0.478 e. The Morgan fingerprint density at radius 1 is 1.29 bits per heavy atom. The van der Waals surface area contributed by atoms with Gasteiger partial charge in [0.1, 0.15) is 0 Å². The molecule has 5 nitrogen and oxygen atoms in total. The highest BCUT2D eigenvalue weighted by Crippen LogP contribution is 2.20. The number of hydrogen-bond donors (Lipinski definition) is 3. The number of carboxylic acid groups (broad SMARTS) is 1. The van der Waals surface area contributed by atoms with Crippen molar-refractivity contribution in [1.29, 1.82) is 0 Å². The number of carboxylic acids is 1. The highest BCUT2D eigenvalue weighted by molar-refractivity contribution is 5.88. The Morgan fingerprint density at radius 3 is 2.47 bits per heavy atom. The first-order valence-electron chi connectivity index (χ1n) is 4.67. The van der Waals surface area contributed by atoms with Crippen molar-refractivity contribution >= 4 is 17.6 Å². The number of nitrogens with one attached hydrogen (secondary N) is 1. The van der Waals surface area contributed by atoms with Crippen LogP contribution in [0.15, 0.2) is 12.1 Å². The molecule has 0 spiro atoms. The number of anilines is 1. The summed E-state index contributed by atoms with van der Waals surface area (Å²) in [5.74, 6) is -4.87. The van der Waals surface area contributed by atoms with Crippen LogP contribution < -0.4 is 11.1 Å². The van der Waals surface area contributed by atoms with Crippen molar-refractivity contribution in [1.82, 2.24) is 0 Å². The van der Waals surface area contributed by atoms with Crippen molar-refractivity contribution in [2.24, 2.45) is 5.73 Å². The van der Waals surface area contributed by atoms with Crippen LogP contribution in [0.2, 0.25) is 0 Å². The van der Waals surface area contributed by atoms with Crippen molar-refractivity contribution in [3.63, 3.8) is 0 Å². The third-order valence-electron chi connectivity index (χ3n) is 2.00. The molecule has 0 saturated carbocycles. The van der Waals surface area contributed by atoms with E-state index in [1.807, 2.05) is 0 Å². The monoisotopic (exact) mass is 244 g/mol. The lowest BCUT2D eigenvalue weighted by molar-refractivity contribution is -0.117. The summed E-state index contributed by atoms with van der Waals surface area (Å²) >= 11 is 0. The zero-order valence-corrected chi connectivity index (χ0v) is 8.67. The van der Waals surface area contributed by atoms with Gasteiger partial charge in [-0.15, -0.1) is 0 Å². The highest BCUT2D eigenvalue weighted by Gasteiger charge is 2.17. The maximum absolute atomic E-state index is 13.3. The summed E-state index contributed by atoms with van der Waals surface area (Å²) in [6, 6.07) is 2.02. The molecule has 0 unspecified atom stereocenters. The quantitative estimate of drug-likeness (QED) is 0.719. The Balaban J connectivity index is 2.85. The Kier molecular flexibility index (Phi) is 3.97. The predicted octanol–water partition coefficient (Wildman–Crippen LogP) is 0.950. The van der Waals surface area contributed by atoms with E-state index in [0.29, 0.717) is 0 Å². The normalized spacial score (nSPS) is 10.0. The number of nitrogens with two attached hydrogens (primary N) is 1. The SMILES string of the molecule is NC(=O)CCNc1ccc(C(=O)O)c(F)c1F. The first-order chi connectivity index (χ1) is 7.93. The number of primary amides is 1. The van der Waals surface area contributed by atoms with Crippen molar-refractivity contribution < 1.29 is 23.5 Å².